The van der Waals surface area contributed by atoms with E-state index >= 15 is 0 Å². The SMILES string of the molecule is CC1CCOC2(C1)CC(C)CCC2C(C)C. The molecule has 1 nitrogen and oxygen atoms in total. The van der Waals surface area contributed by atoms with Gasteiger partial charge in [-0.2, -0.15) is 0 Å². The third-order valence-electron chi connectivity index (χ3n) is 4.84. The van der Waals surface area contributed by atoms with Crippen molar-refractivity contribution in [3.63, 3.8) is 0 Å². The van der Waals surface area contributed by atoms with Crippen molar-refractivity contribution in [3.05, 3.63) is 0 Å². The normalized spacial score (nSPS) is 45.2. The van der Waals surface area contributed by atoms with Gasteiger partial charge in [0, 0.05) is 6.61 Å². The summed E-state index contributed by atoms with van der Waals surface area (Å²) in [7, 11) is 0. The number of ether oxygens (including phenoxy) is 1. The van der Waals surface area contributed by atoms with Crippen molar-refractivity contribution in [1.82, 2.24) is 0 Å². The minimum atomic E-state index is 0.240. The lowest BCUT2D eigenvalue weighted by Gasteiger charge is -2.51. The highest BCUT2D eigenvalue weighted by atomic mass is 16.5. The molecule has 0 bridgehead atoms. The molecule has 1 heteroatoms. The molecule has 1 spiro atoms. The average Bonchev–Trinajstić information content (AvgIpc) is 2.16. The molecule has 2 fully saturated rings. The maximum atomic E-state index is 6.32. The van der Waals surface area contributed by atoms with E-state index in [2.05, 4.69) is 27.7 Å². The van der Waals surface area contributed by atoms with Gasteiger partial charge in [-0.15, -0.1) is 0 Å². The Morgan fingerprint density at radius 1 is 1.00 bits per heavy atom. The van der Waals surface area contributed by atoms with E-state index in [1.807, 2.05) is 0 Å². The molecule has 0 aromatic heterocycles. The molecule has 0 aromatic carbocycles. The number of hydrogen-bond donors (Lipinski definition) is 0. The van der Waals surface area contributed by atoms with Crippen molar-refractivity contribution >= 4 is 0 Å². The summed E-state index contributed by atoms with van der Waals surface area (Å²) in [6.07, 6.45) is 6.66. The predicted molar refractivity (Wildman–Crippen MR) is 68.4 cm³/mol. The molecular formula is C15H28O. The van der Waals surface area contributed by atoms with Gasteiger partial charge in [-0.05, 0) is 49.4 Å². The van der Waals surface area contributed by atoms with E-state index in [4.69, 9.17) is 4.74 Å². The van der Waals surface area contributed by atoms with Crippen LogP contribution in [-0.4, -0.2) is 12.2 Å². The first-order valence-corrected chi connectivity index (χ1v) is 7.17. The van der Waals surface area contributed by atoms with Crippen LogP contribution in [0.5, 0.6) is 0 Å². The van der Waals surface area contributed by atoms with Crippen molar-refractivity contribution in [1.29, 1.82) is 0 Å². The molecular weight excluding hydrogens is 196 g/mol. The Hall–Kier alpha value is -0.0400. The zero-order valence-corrected chi connectivity index (χ0v) is 11.5. The van der Waals surface area contributed by atoms with Crippen molar-refractivity contribution in [2.45, 2.75) is 65.4 Å². The van der Waals surface area contributed by atoms with E-state index in [1.165, 1.54) is 32.1 Å². The van der Waals surface area contributed by atoms with Gasteiger partial charge >= 0.3 is 0 Å². The molecule has 4 atom stereocenters. The molecule has 1 heterocycles. The lowest BCUT2D eigenvalue weighted by Crippen LogP contribution is -2.51. The Labute approximate surface area is 101 Å². The van der Waals surface area contributed by atoms with Crippen molar-refractivity contribution in [2.75, 3.05) is 6.61 Å². The van der Waals surface area contributed by atoms with Crippen LogP contribution < -0.4 is 0 Å². The van der Waals surface area contributed by atoms with Crippen LogP contribution in [0, 0.1) is 23.7 Å². The molecule has 0 N–H and O–H groups in total. The Morgan fingerprint density at radius 3 is 2.19 bits per heavy atom. The van der Waals surface area contributed by atoms with Crippen LogP contribution in [0.2, 0.25) is 0 Å². The molecule has 0 amide bonds. The largest absolute Gasteiger partial charge is 0.375 e. The zero-order valence-electron chi connectivity index (χ0n) is 11.5. The second-order valence-electron chi connectivity index (χ2n) is 6.75. The molecule has 16 heavy (non-hydrogen) atoms. The molecule has 0 aromatic rings. The van der Waals surface area contributed by atoms with Crippen LogP contribution in [0.25, 0.3) is 0 Å². The van der Waals surface area contributed by atoms with Crippen LogP contribution in [0.3, 0.4) is 0 Å². The fourth-order valence-corrected chi connectivity index (χ4v) is 4.13. The summed E-state index contributed by atoms with van der Waals surface area (Å²) >= 11 is 0. The fraction of sp³-hybridized carbons (Fsp3) is 1.00. The first-order chi connectivity index (χ1) is 7.53. The van der Waals surface area contributed by atoms with Gasteiger partial charge < -0.3 is 4.74 Å². The second kappa shape index (κ2) is 4.68. The second-order valence-corrected chi connectivity index (χ2v) is 6.75. The topological polar surface area (TPSA) is 9.23 Å². The fourth-order valence-electron chi connectivity index (χ4n) is 4.13. The molecule has 94 valence electrons. The summed E-state index contributed by atoms with van der Waals surface area (Å²) in [5.41, 5.74) is 0.240. The lowest BCUT2D eigenvalue weighted by atomic mass is 9.63. The van der Waals surface area contributed by atoms with Crippen LogP contribution in [-0.2, 0) is 4.74 Å². The van der Waals surface area contributed by atoms with E-state index < -0.39 is 0 Å². The van der Waals surface area contributed by atoms with E-state index in [-0.39, 0.29) is 5.60 Å². The summed E-state index contributed by atoms with van der Waals surface area (Å²) < 4.78 is 6.32. The van der Waals surface area contributed by atoms with Gasteiger partial charge in [-0.3, -0.25) is 0 Å². The van der Waals surface area contributed by atoms with Crippen molar-refractivity contribution < 1.29 is 4.74 Å². The quantitative estimate of drug-likeness (QED) is 0.646. The van der Waals surface area contributed by atoms with Gasteiger partial charge in [0.25, 0.3) is 0 Å². The molecule has 4 unspecified atom stereocenters. The first kappa shape index (κ1) is 12.4. The zero-order chi connectivity index (χ0) is 11.8. The van der Waals surface area contributed by atoms with E-state index in [1.54, 1.807) is 0 Å². The molecule has 1 aliphatic carbocycles. The molecule has 2 rings (SSSR count). The summed E-state index contributed by atoms with van der Waals surface area (Å²) in [6, 6.07) is 0. The van der Waals surface area contributed by atoms with Crippen LogP contribution in [0.4, 0.5) is 0 Å². The molecule has 2 aliphatic rings. The minimum absolute atomic E-state index is 0.240. The van der Waals surface area contributed by atoms with E-state index in [0.29, 0.717) is 0 Å². The highest BCUT2D eigenvalue weighted by Gasteiger charge is 2.47. The van der Waals surface area contributed by atoms with Crippen LogP contribution in [0.15, 0.2) is 0 Å². The van der Waals surface area contributed by atoms with Crippen LogP contribution >= 0.6 is 0 Å². The third-order valence-corrected chi connectivity index (χ3v) is 4.84. The maximum Gasteiger partial charge on any atom is 0.0718 e. The number of hydrogen-bond acceptors (Lipinski definition) is 1. The smallest absolute Gasteiger partial charge is 0.0718 e. The van der Waals surface area contributed by atoms with E-state index in [9.17, 15) is 0 Å². The van der Waals surface area contributed by atoms with Gasteiger partial charge in [0.2, 0.25) is 0 Å². The van der Waals surface area contributed by atoms with Gasteiger partial charge in [0.15, 0.2) is 0 Å². The molecule has 1 saturated carbocycles. The van der Waals surface area contributed by atoms with Crippen molar-refractivity contribution in [3.8, 4) is 0 Å². The number of rotatable bonds is 1. The van der Waals surface area contributed by atoms with Crippen LogP contribution in [0.1, 0.15) is 59.8 Å². The summed E-state index contributed by atoms with van der Waals surface area (Å²) in [6.45, 7) is 10.6. The Bertz CT molecular complexity index is 228. The Balaban J connectivity index is 2.17. The van der Waals surface area contributed by atoms with Gasteiger partial charge in [0.1, 0.15) is 0 Å². The summed E-state index contributed by atoms with van der Waals surface area (Å²) in [5.74, 6) is 3.30. The average molecular weight is 224 g/mol. The summed E-state index contributed by atoms with van der Waals surface area (Å²) in [5, 5.41) is 0. The van der Waals surface area contributed by atoms with Gasteiger partial charge in [0.05, 0.1) is 5.60 Å². The first-order valence-electron chi connectivity index (χ1n) is 7.17. The molecule has 1 aliphatic heterocycles. The maximum absolute atomic E-state index is 6.32. The minimum Gasteiger partial charge on any atom is -0.375 e. The van der Waals surface area contributed by atoms with Crippen molar-refractivity contribution in [2.24, 2.45) is 23.7 Å². The van der Waals surface area contributed by atoms with E-state index in [0.717, 1.165) is 30.3 Å². The Kier molecular flexibility index (Phi) is 3.63. The standard InChI is InChI=1S/C15H28O/c1-11(2)14-6-5-12(3)9-15(14)10-13(4)7-8-16-15/h11-14H,5-10H2,1-4H3. The highest BCUT2D eigenvalue weighted by molar-refractivity contribution is 4.97. The van der Waals surface area contributed by atoms with Gasteiger partial charge in [-0.1, -0.05) is 34.1 Å². The summed E-state index contributed by atoms with van der Waals surface area (Å²) in [4.78, 5) is 0. The monoisotopic (exact) mass is 224 g/mol. The predicted octanol–water partition coefficient (Wildman–Crippen LogP) is 4.26. The Morgan fingerprint density at radius 2 is 1.62 bits per heavy atom. The molecule has 0 radical (unpaired) electrons. The lowest BCUT2D eigenvalue weighted by molar-refractivity contribution is -0.167. The molecule has 1 saturated heterocycles. The van der Waals surface area contributed by atoms with Gasteiger partial charge in [-0.25, -0.2) is 0 Å². The third kappa shape index (κ3) is 2.30. The highest BCUT2D eigenvalue weighted by Crippen LogP contribution is 2.48.